The fraction of sp³-hybridized carbons (Fsp3) is 0.619. The fourth-order valence-corrected chi connectivity index (χ4v) is 4.10. The maximum Gasteiger partial charge on any atom is 0.225 e. The van der Waals surface area contributed by atoms with Crippen molar-refractivity contribution in [3.05, 3.63) is 29.8 Å². The lowest BCUT2D eigenvalue weighted by Gasteiger charge is -2.24. The number of guanidine groups is 1. The Morgan fingerprint density at radius 3 is 2.85 bits per heavy atom. The predicted molar refractivity (Wildman–Crippen MR) is 108 cm³/mol. The second kappa shape index (κ2) is 9.60. The van der Waals surface area contributed by atoms with E-state index in [2.05, 4.69) is 28.9 Å². The third-order valence-electron chi connectivity index (χ3n) is 5.48. The van der Waals surface area contributed by atoms with Crippen LogP contribution in [0.5, 0.6) is 0 Å². The number of para-hydroxylation sites is 1. The molecule has 3 rings (SSSR count). The van der Waals surface area contributed by atoms with E-state index in [0.29, 0.717) is 13.0 Å². The molecule has 1 aliphatic heterocycles. The molecule has 0 aromatic heterocycles. The molecule has 5 heteroatoms. The summed E-state index contributed by atoms with van der Waals surface area (Å²) >= 11 is 0. The van der Waals surface area contributed by atoms with Gasteiger partial charge in [0, 0.05) is 31.1 Å². The Balaban J connectivity index is 1.52. The van der Waals surface area contributed by atoms with E-state index in [0.717, 1.165) is 30.7 Å². The zero-order valence-corrected chi connectivity index (χ0v) is 15.9. The number of anilines is 1. The van der Waals surface area contributed by atoms with Crippen molar-refractivity contribution in [2.45, 2.75) is 57.8 Å². The Hall–Kier alpha value is -2.04. The van der Waals surface area contributed by atoms with Gasteiger partial charge in [-0.3, -0.25) is 9.79 Å². The van der Waals surface area contributed by atoms with Gasteiger partial charge in [0.05, 0.1) is 6.54 Å². The van der Waals surface area contributed by atoms with Crippen molar-refractivity contribution >= 4 is 17.6 Å². The topological polar surface area (TPSA) is 65.5 Å². The van der Waals surface area contributed by atoms with Gasteiger partial charge in [-0.1, -0.05) is 43.9 Å². The molecular weight excluding hydrogens is 324 g/mol. The monoisotopic (exact) mass is 356 g/mol. The van der Waals surface area contributed by atoms with Gasteiger partial charge in [-0.2, -0.15) is 0 Å². The van der Waals surface area contributed by atoms with Crippen LogP contribution in [0.2, 0.25) is 0 Å². The van der Waals surface area contributed by atoms with Gasteiger partial charge in [0.1, 0.15) is 0 Å². The second-order valence-electron chi connectivity index (χ2n) is 7.48. The van der Waals surface area contributed by atoms with Crippen molar-refractivity contribution in [1.82, 2.24) is 10.6 Å². The van der Waals surface area contributed by atoms with Gasteiger partial charge in [-0.15, -0.1) is 0 Å². The zero-order chi connectivity index (χ0) is 18.2. The van der Waals surface area contributed by atoms with Crippen LogP contribution in [-0.4, -0.2) is 31.5 Å². The number of fused-ring (bicyclic) bond motifs is 1. The largest absolute Gasteiger partial charge is 0.357 e. The Bertz CT molecular complexity index is 622. The minimum Gasteiger partial charge on any atom is -0.357 e. The number of hydrogen-bond donors (Lipinski definition) is 3. The molecule has 142 valence electrons. The summed E-state index contributed by atoms with van der Waals surface area (Å²) in [6.45, 7) is 4.52. The molecule has 1 aliphatic carbocycles. The first kappa shape index (κ1) is 18.7. The summed E-state index contributed by atoms with van der Waals surface area (Å²) in [6, 6.07) is 8.05. The maximum atomic E-state index is 12.0. The van der Waals surface area contributed by atoms with Crippen LogP contribution in [0, 0.1) is 5.92 Å². The summed E-state index contributed by atoms with van der Waals surface area (Å²) in [4.78, 5) is 16.7. The summed E-state index contributed by atoms with van der Waals surface area (Å²) in [7, 11) is 0. The molecule has 1 fully saturated rings. The van der Waals surface area contributed by atoms with Crippen LogP contribution in [0.1, 0.15) is 63.4 Å². The molecule has 2 aliphatic rings. The molecule has 0 saturated heterocycles. The van der Waals surface area contributed by atoms with Gasteiger partial charge in [-0.05, 0) is 37.3 Å². The number of carbonyl (C=O) groups excluding carboxylic acids is 1. The lowest BCUT2D eigenvalue weighted by molar-refractivity contribution is -0.116. The van der Waals surface area contributed by atoms with E-state index < -0.39 is 0 Å². The number of benzene rings is 1. The molecule has 0 bridgehead atoms. The number of carbonyl (C=O) groups is 1. The zero-order valence-electron chi connectivity index (χ0n) is 15.9. The van der Waals surface area contributed by atoms with E-state index in [1.165, 1.54) is 44.1 Å². The first-order valence-corrected chi connectivity index (χ1v) is 10.2. The second-order valence-corrected chi connectivity index (χ2v) is 7.48. The molecule has 5 nitrogen and oxygen atoms in total. The number of nitrogens with one attached hydrogen (secondary N) is 3. The van der Waals surface area contributed by atoms with Crippen molar-refractivity contribution in [1.29, 1.82) is 0 Å². The molecule has 1 atom stereocenters. The summed E-state index contributed by atoms with van der Waals surface area (Å²) in [6.07, 6.45) is 8.68. The highest BCUT2D eigenvalue weighted by Gasteiger charge is 2.24. The maximum absolute atomic E-state index is 12.0. The summed E-state index contributed by atoms with van der Waals surface area (Å²) in [5.41, 5.74) is 2.12. The van der Waals surface area contributed by atoms with Crippen LogP contribution in [0.15, 0.2) is 29.3 Å². The van der Waals surface area contributed by atoms with Crippen molar-refractivity contribution < 1.29 is 4.79 Å². The smallest absolute Gasteiger partial charge is 0.225 e. The van der Waals surface area contributed by atoms with E-state index in [1.807, 2.05) is 18.2 Å². The lowest BCUT2D eigenvalue weighted by atomic mass is 9.91. The van der Waals surface area contributed by atoms with Gasteiger partial charge in [-0.25, -0.2) is 0 Å². The van der Waals surface area contributed by atoms with Crippen LogP contribution in [0.4, 0.5) is 5.69 Å². The normalized spacial score (nSPS) is 20.6. The van der Waals surface area contributed by atoms with E-state index >= 15 is 0 Å². The molecule has 0 spiro atoms. The molecule has 1 heterocycles. The predicted octanol–water partition coefficient (Wildman–Crippen LogP) is 3.64. The minimum atomic E-state index is 0.0819. The first-order valence-electron chi connectivity index (χ1n) is 10.2. The average Bonchev–Trinajstić information content (AvgIpc) is 3.16. The highest BCUT2D eigenvalue weighted by atomic mass is 16.1. The molecule has 1 saturated carbocycles. The summed E-state index contributed by atoms with van der Waals surface area (Å²) in [5.74, 6) is 2.03. The lowest BCUT2D eigenvalue weighted by Crippen LogP contribution is -2.38. The third-order valence-corrected chi connectivity index (χ3v) is 5.48. The Morgan fingerprint density at radius 2 is 2.04 bits per heavy atom. The molecule has 1 amide bonds. The van der Waals surface area contributed by atoms with Crippen molar-refractivity contribution in [3.63, 3.8) is 0 Å². The van der Waals surface area contributed by atoms with Crippen molar-refractivity contribution in [3.8, 4) is 0 Å². The summed E-state index contributed by atoms with van der Waals surface area (Å²) < 4.78 is 0. The quantitative estimate of drug-likeness (QED) is 0.397. The number of rotatable bonds is 7. The molecule has 1 aromatic rings. The first-order chi connectivity index (χ1) is 12.8. The SMILES string of the molecule is CCNC(=NCC1CC(=O)Nc2ccccc21)NCCCC1CCCC1. The van der Waals surface area contributed by atoms with E-state index in [9.17, 15) is 4.79 Å². The van der Waals surface area contributed by atoms with Crippen LogP contribution in [0.3, 0.4) is 0 Å². The molecule has 0 radical (unpaired) electrons. The molecular formula is C21H32N4O. The molecule has 1 aromatic carbocycles. The van der Waals surface area contributed by atoms with Crippen LogP contribution in [-0.2, 0) is 4.79 Å². The highest BCUT2D eigenvalue weighted by Crippen LogP contribution is 2.32. The molecule has 26 heavy (non-hydrogen) atoms. The Morgan fingerprint density at radius 1 is 1.23 bits per heavy atom. The van der Waals surface area contributed by atoms with Gasteiger partial charge < -0.3 is 16.0 Å². The number of aliphatic imine (C=N–C) groups is 1. The van der Waals surface area contributed by atoms with Gasteiger partial charge in [0.2, 0.25) is 5.91 Å². The van der Waals surface area contributed by atoms with Crippen LogP contribution >= 0.6 is 0 Å². The van der Waals surface area contributed by atoms with Crippen LogP contribution < -0.4 is 16.0 Å². The van der Waals surface area contributed by atoms with Crippen molar-refractivity contribution in [2.24, 2.45) is 10.9 Å². The van der Waals surface area contributed by atoms with Crippen LogP contribution in [0.25, 0.3) is 0 Å². The van der Waals surface area contributed by atoms with Crippen molar-refractivity contribution in [2.75, 3.05) is 25.0 Å². The fourth-order valence-electron chi connectivity index (χ4n) is 4.10. The van der Waals surface area contributed by atoms with E-state index in [4.69, 9.17) is 4.99 Å². The van der Waals surface area contributed by atoms with Gasteiger partial charge >= 0.3 is 0 Å². The van der Waals surface area contributed by atoms with Gasteiger partial charge in [0.25, 0.3) is 0 Å². The minimum absolute atomic E-state index is 0.0819. The standard InChI is InChI=1S/C21H32N4O/c1-2-22-21(23-13-7-10-16-8-3-4-9-16)24-15-17-14-20(26)25-19-12-6-5-11-18(17)19/h5-6,11-12,16-17H,2-4,7-10,13-15H2,1H3,(H,25,26)(H2,22,23,24). The summed E-state index contributed by atoms with van der Waals surface area (Å²) in [5, 5.41) is 9.73. The van der Waals surface area contributed by atoms with Gasteiger partial charge in [0.15, 0.2) is 5.96 Å². The molecule has 3 N–H and O–H groups in total. The highest BCUT2D eigenvalue weighted by molar-refractivity contribution is 5.94. The Kier molecular flexibility index (Phi) is 6.92. The molecule has 1 unspecified atom stereocenters. The number of hydrogen-bond acceptors (Lipinski definition) is 2. The number of nitrogens with zero attached hydrogens (tertiary/aromatic N) is 1. The average molecular weight is 357 g/mol. The number of amides is 1. The van der Waals surface area contributed by atoms with E-state index in [1.54, 1.807) is 0 Å². The third kappa shape index (κ3) is 5.23. The Labute approximate surface area is 157 Å². The van der Waals surface area contributed by atoms with E-state index in [-0.39, 0.29) is 11.8 Å².